The first-order valence-electron chi connectivity index (χ1n) is 7.12. The van der Waals surface area contributed by atoms with E-state index in [4.69, 9.17) is 9.84 Å². The summed E-state index contributed by atoms with van der Waals surface area (Å²) < 4.78 is 5.50. The Hall–Kier alpha value is -2.96. The number of rotatable bonds is 8. The highest BCUT2D eigenvalue weighted by Crippen LogP contribution is 2.18. The molecule has 0 radical (unpaired) electrons. The van der Waals surface area contributed by atoms with Gasteiger partial charge >= 0.3 is 5.97 Å². The number of aromatic amines is 1. The number of ether oxygens (including phenoxy) is 1. The fraction of sp³-hybridized carbons (Fsp3) is 0.250. The Morgan fingerprint density at radius 2 is 2.04 bits per heavy atom. The number of nitrogens with zero attached hydrogens (tertiary/aromatic N) is 2. The van der Waals surface area contributed by atoms with E-state index in [1.54, 1.807) is 30.3 Å². The third-order valence-corrected chi connectivity index (χ3v) is 3.06. The van der Waals surface area contributed by atoms with Crippen molar-refractivity contribution in [1.82, 2.24) is 15.2 Å². The van der Waals surface area contributed by atoms with Gasteiger partial charge in [0, 0.05) is 12.0 Å². The van der Waals surface area contributed by atoms with E-state index in [1.807, 2.05) is 0 Å². The molecule has 0 aliphatic carbocycles. The van der Waals surface area contributed by atoms with E-state index >= 15 is 0 Å². The lowest BCUT2D eigenvalue weighted by Crippen LogP contribution is -2.18. The van der Waals surface area contributed by atoms with E-state index in [2.05, 4.69) is 21.8 Å². The second-order valence-electron chi connectivity index (χ2n) is 4.79. The Kier molecular flexibility index (Phi) is 5.62. The van der Waals surface area contributed by atoms with Crippen LogP contribution in [0.15, 0.2) is 41.7 Å². The number of aliphatic carboxylic acids is 1. The summed E-state index contributed by atoms with van der Waals surface area (Å²) in [6.07, 6.45) is 2.43. The van der Waals surface area contributed by atoms with Crippen LogP contribution >= 0.6 is 0 Å². The Morgan fingerprint density at radius 1 is 1.30 bits per heavy atom. The maximum absolute atomic E-state index is 11.9. The molecular weight excluding hydrogens is 298 g/mol. The summed E-state index contributed by atoms with van der Waals surface area (Å²) in [5.74, 6) is 0.0537. The predicted octanol–water partition coefficient (Wildman–Crippen LogP) is 1.80. The van der Waals surface area contributed by atoms with E-state index in [9.17, 15) is 9.59 Å². The average Bonchev–Trinajstić information content (AvgIpc) is 2.54. The maximum atomic E-state index is 11.9. The lowest BCUT2D eigenvalue weighted by atomic mass is 10.2. The van der Waals surface area contributed by atoms with Gasteiger partial charge in [-0.3, -0.25) is 9.59 Å². The number of aryl methyl sites for hydroxylation is 1. The molecule has 0 amide bonds. The maximum Gasteiger partial charge on any atom is 0.303 e. The molecule has 0 aliphatic heterocycles. The number of carboxylic acids is 1. The monoisotopic (exact) mass is 315 g/mol. The topological polar surface area (TPSA) is 105 Å². The Morgan fingerprint density at radius 3 is 2.65 bits per heavy atom. The van der Waals surface area contributed by atoms with Crippen molar-refractivity contribution in [3.8, 4) is 17.1 Å². The van der Waals surface area contributed by atoms with Crippen molar-refractivity contribution in [1.29, 1.82) is 0 Å². The minimum absolute atomic E-state index is 0.0496. The van der Waals surface area contributed by atoms with Gasteiger partial charge in [0.25, 0.3) is 5.56 Å². The third-order valence-electron chi connectivity index (χ3n) is 3.06. The summed E-state index contributed by atoms with van der Waals surface area (Å²) in [7, 11) is 0. The summed E-state index contributed by atoms with van der Waals surface area (Å²) in [5, 5.41) is 16.4. The number of carbonyl (C=O) groups is 1. The molecule has 1 aromatic heterocycles. The first-order valence-corrected chi connectivity index (χ1v) is 7.12. The molecule has 0 unspecified atom stereocenters. The van der Waals surface area contributed by atoms with Gasteiger partial charge in [-0.1, -0.05) is 6.08 Å². The van der Waals surface area contributed by atoms with Crippen LogP contribution in [-0.2, 0) is 11.2 Å². The zero-order valence-electron chi connectivity index (χ0n) is 12.5. The third kappa shape index (κ3) is 4.77. The molecule has 2 aromatic rings. The highest BCUT2D eigenvalue weighted by molar-refractivity contribution is 5.66. The number of H-pyrrole nitrogens is 1. The van der Waals surface area contributed by atoms with E-state index < -0.39 is 11.5 Å². The molecule has 7 heteroatoms. The molecule has 1 aromatic carbocycles. The molecule has 0 atom stereocenters. The van der Waals surface area contributed by atoms with Gasteiger partial charge in [-0.2, -0.15) is 0 Å². The number of hydrogen-bond acceptors (Lipinski definition) is 5. The average molecular weight is 315 g/mol. The molecule has 0 spiro atoms. The predicted molar refractivity (Wildman–Crippen MR) is 84.4 cm³/mol. The van der Waals surface area contributed by atoms with Crippen molar-refractivity contribution in [2.24, 2.45) is 0 Å². The summed E-state index contributed by atoms with van der Waals surface area (Å²) in [6, 6.07) is 7.08. The summed E-state index contributed by atoms with van der Waals surface area (Å²) in [5.41, 5.74) is 0.374. The molecule has 0 fully saturated rings. The van der Waals surface area contributed by atoms with Gasteiger partial charge in [-0.05, 0) is 30.7 Å². The molecule has 23 heavy (non-hydrogen) atoms. The molecule has 0 bridgehead atoms. The van der Waals surface area contributed by atoms with E-state index in [0.29, 0.717) is 23.7 Å². The number of hydrogen-bond donors (Lipinski definition) is 2. The van der Waals surface area contributed by atoms with Gasteiger partial charge in [0.15, 0.2) is 5.82 Å². The lowest BCUT2D eigenvalue weighted by Gasteiger charge is -2.06. The van der Waals surface area contributed by atoms with Crippen LogP contribution in [0.3, 0.4) is 0 Å². The summed E-state index contributed by atoms with van der Waals surface area (Å²) >= 11 is 0. The molecular formula is C16H17N3O4. The van der Waals surface area contributed by atoms with Crippen LogP contribution in [0, 0.1) is 0 Å². The van der Waals surface area contributed by atoms with Gasteiger partial charge in [0.2, 0.25) is 0 Å². The van der Waals surface area contributed by atoms with E-state index in [1.165, 1.54) is 0 Å². The van der Waals surface area contributed by atoms with Gasteiger partial charge in [0.05, 0.1) is 13.0 Å². The fourth-order valence-corrected chi connectivity index (χ4v) is 1.85. The van der Waals surface area contributed by atoms with Crippen LogP contribution < -0.4 is 10.3 Å². The summed E-state index contributed by atoms with van der Waals surface area (Å²) in [6.45, 7) is 4.18. The minimum Gasteiger partial charge on any atom is -0.493 e. The van der Waals surface area contributed by atoms with Gasteiger partial charge in [0.1, 0.15) is 11.4 Å². The molecule has 0 saturated carbocycles. The Labute approximate surface area is 132 Å². The molecule has 7 nitrogen and oxygen atoms in total. The van der Waals surface area contributed by atoms with Crippen LogP contribution in [0.5, 0.6) is 5.75 Å². The van der Waals surface area contributed by atoms with Gasteiger partial charge in [-0.15, -0.1) is 16.8 Å². The minimum atomic E-state index is -0.984. The molecule has 2 rings (SSSR count). The Balaban J connectivity index is 2.09. The first kappa shape index (κ1) is 16.4. The van der Waals surface area contributed by atoms with Crippen molar-refractivity contribution in [2.45, 2.75) is 19.3 Å². The zero-order chi connectivity index (χ0) is 16.7. The normalized spacial score (nSPS) is 10.3. The molecule has 1 heterocycles. The van der Waals surface area contributed by atoms with Crippen LogP contribution in [-0.4, -0.2) is 32.9 Å². The van der Waals surface area contributed by atoms with E-state index in [-0.39, 0.29) is 18.5 Å². The standard InChI is InChI=1S/C16H17N3O4/c1-2-3-10-23-12-6-4-11(5-7-12)15-17-16(22)13(18-19-15)8-9-14(20)21/h2,4-7H,1,3,8-10H2,(H,20,21)(H,17,19,22). The second-order valence-corrected chi connectivity index (χ2v) is 4.79. The van der Waals surface area contributed by atoms with Gasteiger partial charge in [-0.25, -0.2) is 0 Å². The quantitative estimate of drug-likeness (QED) is 0.568. The van der Waals surface area contributed by atoms with E-state index in [0.717, 1.165) is 6.42 Å². The largest absolute Gasteiger partial charge is 0.493 e. The second kappa shape index (κ2) is 7.88. The zero-order valence-corrected chi connectivity index (χ0v) is 12.5. The van der Waals surface area contributed by atoms with Crippen LogP contribution in [0.1, 0.15) is 18.5 Å². The summed E-state index contributed by atoms with van der Waals surface area (Å²) in [4.78, 5) is 25.0. The number of aromatic nitrogens is 3. The van der Waals surface area contributed by atoms with Gasteiger partial charge < -0.3 is 14.8 Å². The molecule has 120 valence electrons. The highest BCUT2D eigenvalue weighted by Gasteiger charge is 2.08. The molecule has 0 aliphatic rings. The van der Waals surface area contributed by atoms with Crippen LogP contribution in [0.4, 0.5) is 0 Å². The number of benzene rings is 1. The smallest absolute Gasteiger partial charge is 0.303 e. The number of nitrogens with one attached hydrogen (secondary N) is 1. The molecule has 0 saturated heterocycles. The van der Waals surface area contributed by atoms with Crippen molar-refractivity contribution >= 4 is 5.97 Å². The van der Waals surface area contributed by atoms with Crippen molar-refractivity contribution in [3.63, 3.8) is 0 Å². The van der Waals surface area contributed by atoms with Crippen LogP contribution in [0.25, 0.3) is 11.4 Å². The van der Waals surface area contributed by atoms with Crippen molar-refractivity contribution < 1.29 is 14.6 Å². The molecule has 2 N–H and O–H groups in total. The van der Waals surface area contributed by atoms with Crippen molar-refractivity contribution in [2.75, 3.05) is 6.61 Å². The SMILES string of the molecule is C=CCCOc1ccc(-c2nnc(CCC(=O)O)c(=O)[nH]2)cc1. The fourth-order valence-electron chi connectivity index (χ4n) is 1.85. The Bertz CT molecular complexity index is 738. The first-order chi connectivity index (χ1) is 11.1. The van der Waals surface area contributed by atoms with Crippen molar-refractivity contribution in [3.05, 3.63) is 53.0 Å². The number of carboxylic acid groups (broad SMARTS) is 1. The van der Waals surface area contributed by atoms with Crippen LogP contribution in [0.2, 0.25) is 0 Å². The lowest BCUT2D eigenvalue weighted by molar-refractivity contribution is -0.136. The highest BCUT2D eigenvalue weighted by atomic mass is 16.5.